The van der Waals surface area contributed by atoms with Crippen LogP contribution in [-0.4, -0.2) is 21.2 Å². The normalized spacial score (nSPS) is 12.3. The molecule has 94 valence electrons. The minimum absolute atomic E-state index is 0.0736. The minimum Gasteiger partial charge on any atom is -0.383 e. The van der Waals surface area contributed by atoms with E-state index in [1.165, 1.54) is 0 Å². The van der Waals surface area contributed by atoms with Gasteiger partial charge in [0.15, 0.2) is 0 Å². The Morgan fingerprint density at radius 3 is 2.78 bits per heavy atom. The number of aliphatic hydroxyl groups excluding tert-OH is 1. The van der Waals surface area contributed by atoms with Gasteiger partial charge in [0.05, 0.1) is 0 Å². The summed E-state index contributed by atoms with van der Waals surface area (Å²) in [5.41, 5.74) is 5.80. The van der Waals surface area contributed by atoms with Crippen molar-refractivity contribution < 1.29 is 14.4 Å². The zero-order chi connectivity index (χ0) is 13.0. The van der Waals surface area contributed by atoms with E-state index in [4.69, 9.17) is 10.3 Å². The molecule has 6 heteroatoms. The maximum absolute atomic E-state index is 10.6. The Kier molecular flexibility index (Phi) is 3.69. The Morgan fingerprint density at radius 2 is 2.11 bits per heavy atom. The first-order valence-corrected chi connectivity index (χ1v) is 5.52. The van der Waals surface area contributed by atoms with Crippen LogP contribution in [0.25, 0.3) is 11.4 Å². The first-order chi connectivity index (χ1) is 8.66. The van der Waals surface area contributed by atoms with Gasteiger partial charge < -0.3 is 15.4 Å². The molecule has 1 amide bonds. The van der Waals surface area contributed by atoms with Gasteiger partial charge in [0, 0.05) is 12.0 Å². The Hall–Kier alpha value is -2.21. The van der Waals surface area contributed by atoms with Crippen molar-refractivity contribution in [2.24, 2.45) is 5.73 Å². The molecule has 0 saturated heterocycles. The molecule has 0 radical (unpaired) electrons. The molecule has 0 fully saturated rings. The zero-order valence-corrected chi connectivity index (χ0v) is 9.61. The van der Waals surface area contributed by atoms with Crippen LogP contribution in [0.3, 0.4) is 0 Å². The van der Waals surface area contributed by atoms with Crippen LogP contribution in [0.4, 0.5) is 0 Å². The highest BCUT2D eigenvalue weighted by atomic mass is 16.5. The molecule has 18 heavy (non-hydrogen) atoms. The third-order valence-electron chi connectivity index (χ3n) is 2.42. The van der Waals surface area contributed by atoms with Crippen LogP contribution in [0.2, 0.25) is 0 Å². The zero-order valence-electron chi connectivity index (χ0n) is 9.61. The van der Waals surface area contributed by atoms with Gasteiger partial charge in [-0.2, -0.15) is 4.98 Å². The molecule has 0 unspecified atom stereocenters. The van der Waals surface area contributed by atoms with Crippen molar-refractivity contribution in [1.82, 2.24) is 10.1 Å². The van der Waals surface area contributed by atoms with Crippen molar-refractivity contribution in [3.05, 3.63) is 36.2 Å². The van der Waals surface area contributed by atoms with Gasteiger partial charge in [-0.05, 0) is 6.42 Å². The van der Waals surface area contributed by atoms with Crippen LogP contribution >= 0.6 is 0 Å². The highest BCUT2D eigenvalue weighted by Crippen LogP contribution is 2.20. The van der Waals surface area contributed by atoms with Crippen LogP contribution < -0.4 is 5.73 Å². The lowest BCUT2D eigenvalue weighted by atomic mass is 10.2. The number of rotatable bonds is 5. The lowest BCUT2D eigenvalue weighted by Gasteiger charge is -2.02. The standard InChI is InChI=1S/C12H13N3O3/c13-10(17)7-6-9(16)12-14-11(15-18-12)8-4-2-1-3-5-8/h1-5,9,16H,6-7H2,(H2,13,17)/t9-/m1/s1. The third kappa shape index (κ3) is 2.92. The Labute approximate surface area is 103 Å². The van der Waals surface area contributed by atoms with Crippen molar-refractivity contribution in [1.29, 1.82) is 0 Å². The molecule has 1 aromatic carbocycles. The molecule has 3 N–H and O–H groups in total. The number of benzene rings is 1. The summed E-state index contributed by atoms with van der Waals surface area (Å²) in [7, 11) is 0. The van der Waals surface area contributed by atoms with Crippen molar-refractivity contribution in [2.45, 2.75) is 18.9 Å². The molecule has 1 atom stereocenters. The lowest BCUT2D eigenvalue weighted by Crippen LogP contribution is -2.12. The Balaban J connectivity index is 2.08. The molecule has 1 heterocycles. The van der Waals surface area contributed by atoms with Gasteiger partial charge in [-0.25, -0.2) is 0 Å². The Morgan fingerprint density at radius 1 is 1.39 bits per heavy atom. The summed E-state index contributed by atoms with van der Waals surface area (Å²) < 4.78 is 4.95. The van der Waals surface area contributed by atoms with E-state index < -0.39 is 12.0 Å². The maximum Gasteiger partial charge on any atom is 0.255 e. The van der Waals surface area contributed by atoms with Crippen LogP contribution in [0, 0.1) is 0 Å². The van der Waals surface area contributed by atoms with E-state index in [9.17, 15) is 9.90 Å². The largest absolute Gasteiger partial charge is 0.383 e. The molecule has 0 aliphatic heterocycles. The monoisotopic (exact) mass is 247 g/mol. The van der Waals surface area contributed by atoms with Gasteiger partial charge in [0.2, 0.25) is 11.7 Å². The molecule has 0 spiro atoms. The first-order valence-electron chi connectivity index (χ1n) is 5.52. The molecular formula is C12H13N3O3. The minimum atomic E-state index is -0.970. The highest BCUT2D eigenvalue weighted by molar-refractivity contribution is 5.73. The molecule has 0 bridgehead atoms. The quantitative estimate of drug-likeness (QED) is 0.821. The number of aromatic nitrogens is 2. The predicted octanol–water partition coefficient (Wildman–Crippen LogP) is 1.04. The van der Waals surface area contributed by atoms with Crippen LogP contribution in [0.1, 0.15) is 24.8 Å². The summed E-state index contributed by atoms with van der Waals surface area (Å²) in [6.07, 6.45) is -0.724. The number of hydrogen-bond donors (Lipinski definition) is 2. The third-order valence-corrected chi connectivity index (χ3v) is 2.42. The maximum atomic E-state index is 10.6. The summed E-state index contributed by atoms with van der Waals surface area (Å²) in [5.74, 6) is 0.0238. The number of aliphatic hydroxyl groups is 1. The summed E-state index contributed by atoms with van der Waals surface area (Å²) in [4.78, 5) is 14.7. The second-order valence-corrected chi connectivity index (χ2v) is 3.84. The van der Waals surface area contributed by atoms with E-state index in [1.807, 2.05) is 30.3 Å². The molecular weight excluding hydrogens is 234 g/mol. The summed E-state index contributed by atoms with van der Waals surface area (Å²) in [6.45, 7) is 0. The van der Waals surface area contributed by atoms with E-state index in [1.54, 1.807) is 0 Å². The number of hydrogen-bond acceptors (Lipinski definition) is 5. The van der Waals surface area contributed by atoms with E-state index in [0.717, 1.165) is 5.56 Å². The molecule has 0 aliphatic rings. The second-order valence-electron chi connectivity index (χ2n) is 3.84. The number of amides is 1. The van der Waals surface area contributed by atoms with Gasteiger partial charge in [-0.1, -0.05) is 35.5 Å². The molecule has 2 rings (SSSR count). The lowest BCUT2D eigenvalue weighted by molar-refractivity contribution is -0.118. The second kappa shape index (κ2) is 5.42. The Bertz CT molecular complexity index is 524. The van der Waals surface area contributed by atoms with E-state index >= 15 is 0 Å². The van der Waals surface area contributed by atoms with Gasteiger partial charge >= 0.3 is 0 Å². The topological polar surface area (TPSA) is 102 Å². The van der Waals surface area contributed by atoms with E-state index in [0.29, 0.717) is 5.82 Å². The molecule has 1 aromatic heterocycles. The van der Waals surface area contributed by atoms with Gasteiger partial charge in [0.25, 0.3) is 5.89 Å². The summed E-state index contributed by atoms with van der Waals surface area (Å²) in [6, 6.07) is 9.27. The fourth-order valence-electron chi connectivity index (χ4n) is 1.48. The predicted molar refractivity (Wildman–Crippen MR) is 63.1 cm³/mol. The number of primary amides is 1. The smallest absolute Gasteiger partial charge is 0.255 e. The van der Waals surface area contributed by atoms with Gasteiger partial charge in [-0.3, -0.25) is 4.79 Å². The molecule has 0 aliphatic carbocycles. The van der Waals surface area contributed by atoms with Crippen molar-refractivity contribution in [2.75, 3.05) is 0 Å². The number of nitrogens with zero attached hydrogens (tertiary/aromatic N) is 2. The average molecular weight is 247 g/mol. The van der Waals surface area contributed by atoms with Crippen LogP contribution in [0.5, 0.6) is 0 Å². The number of carbonyl (C=O) groups is 1. The molecule has 0 saturated carbocycles. The first kappa shape index (κ1) is 12.3. The van der Waals surface area contributed by atoms with Crippen molar-refractivity contribution in [3.63, 3.8) is 0 Å². The molecule has 6 nitrogen and oxygen atoms in total. The van der Waals surface area contributed by atoms with E-state index in [2.05, 4.69) is 10.1 Å². The number of carbonyl (C=O) groups excluding carboxylic acids is 1. The van der Waals surface area contributed by atoms with Crippen molar-refractivity contribution in [3.8, 4) is 11.4 Å². The SMILES string of the molecule is NC(=O)CC[C@@H](O)c1nc(-c2ccccc2)no1. The average Bonchev–Trinajstić information content (AvgIpc) is 2.86. The fraction of sp³-hybridized carbons (Fsp3) is 0.250. The highest BCUT2D eigenvalue weighted by Gasteiger charge is 2.17. The summed E-state index contributed by atoms with van der Waals surface area (Å²) in [5, 5.41) is 13.5. The van der Waals surface area contributed by atoms with E-state index in [-0.39, 0.29) is 18.7 Å². The van der Waals surface area contributed by atoms with Gasteiger partial charge in [0.1, 0.15) is 6.10 Å². The fourth-order valence-corrected chi connectivity index (χ4v) is 1.48. The molecule has 2 aromatic rings. The number of nitrogens with two attached hydrogens (primary N) is 1. The van der Waals surface area contributed by atoms with Crippen LogP contribution in [0.15, 0.2) is 34.9 Å². The van der Waals surface area contributed by atoms with Crippen LogP contribution in [-0.2, 0) is 4.79 Å². The van der Waals surface area contributed by atoms with Crippen molar-refractivity contribution >= 4 is 5.91 Å². The summed E-state index contributed by atoms with van der Waals surface area (Å²) >= 11 is 0. The van der Waals surface area contributed by atoms with Gasteiger partial charge in [-0.15, -0.1) is 0 Å².